The average molecular weight is 215 g/mol. The van der Waals surface area contributed by atoms with E-state index in [0.29, 0.717) is 11.3 Å². The van der Waals surface area contributed by atoms with E-state index in [9.17, 15) is 9.00 Å². The van der Waals surface area contributed by atoms with Crippen LogP contribution in [0.2, 0.25) is 0 Å². The third-order valence-corrected chi connectivity index (χ3v) is 1.92. The van der Waals surface area contributed by atoms with Gasteiger partial charge in [0.1, 0.15) is 0 Å². The lowest BCUT2D eigenvalue weighted by Crippen LogP contribution is -2.03. The zero-order chi connectivity index (χ0) is 10.6. The molecule has 0 amide bonds. The molecule has 0 aromatic heterocycles. The van der Waals surface area contributed by atoms with Gasteiger partial charge in [-0.25, -0.2) is 4.21 Å². The van der Waals surface area contributed by atoms with E-state index in [1.807, 2.05) is 0 Å². The smallest absolute Gasteiger partial charge is 0.307 e. The fraction of sp³-hybridized carbons (Fsp3) is 0.125. The number of carbonyl (C=O) groups is 1. The number of carboxylic acids is 1. The van der Waals surface area contributed by atoms with Crippen LogP contribution in [0.15, 0.2) is 24.3 Å². The van der Waals surface area contributed by atoms with Gasteiger partial charge in [-0.2, -0.15) is 0 Å². The molecule has 0 saturated carbocycles. The SMILES string of the molecule is O=C(O)Cc1ccc(NS(=O)O)cc1. The lowest BCUT2D eigenvalue weighted by atomic mass is 10.1. The molecule has 6 heteroatoms. The van der Waals surface area contributed by atoms with Crippen molar-refractivity contribution >= 4 is 22.9 Å². The molecule has 0 aliphatic carbocycles. The second-order valence-corrected chi connectivity index (χ2v) is 3.32. The molecule has 0 fully saturated rings. The monoisotopic (exact) mass is 215 g/mol. The topological polar surface area (TPSA) is 86.6 Å². The van der Waals surface area contributed by atoms with Crippen LogP contribution in [0.25, 0.3) is 0 Å². The Morgan fingerprint density at radius 3 is 2.36 bits per heavy atom. The Bertz CT molecular complexity index is 314. The van der Waals surface area contributed by atoms with Gasteiger partial charge in [0, 0.05) is 5.69 Å². The van der Waals surface area contributed by atoms with Crippen LogP contribution in [0, 0.1) is 0 Å². The van der Waals surface area contributed by atoms with Gasteiger partial charge in [0.15, 0.2) is 0 Å². The molecule has 0 heterocycles. The molecule has 0 radical (unpaired) electrons. The lowest BCUT2D eigenvalue weighted by Gasteiger charge is -2.01. The average Bonchev–Trinajstić information content (AvgIpc) is 2.06. The summed E-state index contributed by atoms with van der Waals surface area (Å²) < 4.78 is 21.1. The lowest BCUT2D eigenvalue weighted by molar-refractivity contribution is -0.136. The number of anilines is 1. The highest BCUT2D eigenvalue weighted by molar-refractivity contribution is 7.80. The predicted octanol–water partition coefficient (Wildman–Crippen LogP) is 0.862. The quantitative estimate of drug-likeness (QED) is 0.650. The number of hydrogen-bond donors (Lipinski definition) is 3. The first-order chi connectivity index (χ1) is 6.58. The van der Waals surface area contributed by atoms with Crippen LogP contribution in [0.1, 0.15) is 5.56 Å². The molecule has 76 valence electrons. The van der Waals surface area contributed by atoms with Crippen molar-refractivity contribution in [3.05, 3.63) is 29.8 Å². The van der Waals surface area contributed by atoms with E-state index in [-0.39, 0.29) is 6.42 Å². The van der Waals surface area contributed by atoms with Gasteiger partial charge in [-0.1, -0.05) is 12.1 Å². The highest BCUT2D eigenvalue weighted by Crippen LogP contribution is 2.10. The first-order valence-electron chi connectivity index (χ1n) is 3.76. The standard InChI is InChI=1S/C8H9NO4S/c10-8(11)5-6-1-3-7(4-2-6)9-14(12)13/h1-4,9H,5H2,(H,10,11)(H,12,13). The summed E-state index contributed by atoms with van der Waals surface area (Å²) >= 11 is -2.10. The zero-order valence-corrected chi connectivity index (χ0v) is 7.95. The van der Waals surface area contributed by atoms with Crippen LogP contribution in [0.3, 0.4) is 0 Å². The first-order valence-corrected chi connectivity index (χ1v) is 4.87. The molecule has 1 rings (SSSR count). The molecule has 5 nitrogen and oxygen atoms in total. The Kier molecular flexibility index (Phi) is 3.61. The summed E-state index contributed by atoms with van der Waals surface area (Å²) in [6.07, 6.45) is -0.0531. The van der Waals surface area contributed by atoms with Gasteiger partial charge in [0.2, 0.25) is 0 Å². The number of rotatable bonds is 4. The highest BCUT2D eigenvalue weighted by atomic mass is 32.2. The van der Waals surface area contributed by atoms with Crippen molar-refractivity contribution < 1.29 is 18.7 Å². The minimum absolute atomic E-state index is 0.0531. The molecule has 0 aliphatic rings. The number of aliphatic carboxylic acids is 1. The van der Waals surface area contributed by atoms with E-state index in [4.69, 9.17) is 9.66 Å². The predicted molar refractivity (Wildman–Crippen MR) is 52.2 cm³/mol. The van der Waals surface area contributed by atoms with E-state index in [1.165, 1.54) is 0 Å². The Balaban J connectivity index is 2.68. The maximum absolute atomic E-state index is 10.3. The van der Waals surface area contributed by atoms with Crippen LogP contribution in [-0.4, -0.2) is 19.8 Å². The number of carboxylic acid groups (broad SMARTS) is 1. The van der Waals surface area contributed by atoms with Gasteiger partial charge < -0.3 is 5.11 Å². The van der Waals surface area contributed by atoms with Crippen LogP contribution in [0.5, 0.6) is 0 Å². The van der Waals surface area contributed by atoms with Gasteiger partial charge in [-0.05, 0) is 17.7 Å². The molecule has 3 N–H and O–H groups in total. The molecule has 14 heavy (non-hydrogen) atoms. The maximum atomic E-state index is 10.3. The van der Waals surface area contributed by atoms with E-state index in [0.717, 1.165) is 0 Å². The molecule has 1 atom stereocenters. The highest BCUT2D eigenvalue weighted by Gasteiger charge is 2.00. The Morgan fingerprint density at radius 2 is 1.93 bits per heavy atom. The molecule has 0 bridgehead atoms. The summed E-state index contributed by atoms with van der Waals surface area (Å²) in [6, 6.07) is 6.27. The fourth-order valence-corrected chi connectivity index (χ4v) is 1.30. The van der Waals surface area contributed by atoms with Crippen LogP contribution >= 0.6 is 0 Å². The van der Waals surface area contributed by atoms with Gasteiger partial charge in [0.25, 0.3) is 11.3 Å². The van der Waals surface area contributed by atoms with Crippen molar-refractivity contribution in [3.63, 3.8) is 0 Å². The summed E-state index contributed by atoms with van der Waals surface area (Å²) in [5.41, 5.74) is 1.12. The Morgan fingerprint density at radius 1 is 1.36 bits per heavy atom. The Hall–Kier alpha value is -1.40. The van der Waals surface area contributed by atoms with Crippen LogP contribution < -0.4 is 4.72 Å². The van der Waals surface area contributed by atoms with Crippen molar-refractivity contribution in [2.24, 2.45) is 0 Å². The second-order valence-electron chi connectivity index (χ2n) is 2.62. The summed E-state index contributed by atoms with van der Waals surface area (Å²) in [4.78, 5) is 10.3. The normalized spacial score (nSPS) is 12.1. The molecule has 0 saturated heterocycles. The third kappa shape index (κ3) is 3.55. The first kappa shape index (κ1) is 10.7. The second kappa shape index (κ2) is 4.73. The molecule has 0 spiro atoms. The summed E-state index contributed by atoms with van der Waals surface area (Å²) in [7, 11) is 0. The molecular weight excluding hydrogens is 206 g/mol. The molecule has 1 unspecified atom stereocenters. The third-order valence-electron chi connectivity index (χ3n) is 1.51. The van der Waals surface area contributed by atoms with Crippen molar-refractivity contribution in [3.8, 4) is 0 Å². The summed E-state index contributed by atoms with van der Waals surface area (Å²) in [6.45, 7) is 0. The number of hydrogen-bond acceptors (Lipinski definition) is 2. The van der Waals surface area contributed by atoms with Gasteiger partial charge in [-0.15, -0.1) is 0 Å². The van der Waals surface area contributed by atoms with Gasteiger partial charge >= 0.3 is 5.97 Å². The summed E-state index contributed by atoms with van der Waals surface area (Å²) in [5.74, 6) is -0.906. The van der Waals surface area contributed by atoms with Crippen LogP contribution in [0.4, 0.5) is 5.69 Å². The van der Waals surface area contributed by atoms with Crippen molar-refractivity contribution in [1.29, 1.82) is 0 Å². The summed E-state index contributed by atoms with van der Waals surface area (Å²) in [5, 5.41) is 8.48. The van der Waals surface area contributed by atoms with Gasteiger partial charge in [-0.3, -0.25) is 14.1 Å². The fourth-order valence-electron chi connectivity index (χ4n) is 0.966. The maximum Gasteiger partial charge on any atom is 0.307 e. The van der Waals surface area contributed by atoms with E-state index < -0.39 is 17.2 Å². The minimum atomic E-state index is -2.10. The molecular formula is C8H9NO4S. The van der Waals surface area contributed by atoms with Crippen molar-refractivity contribution in [1.82, 2.24) is 0 Å². The van der Waals surface area contributed by atoms with E-state index in [2.05, 4.69) is 4.72 Å². The molecule has 0 aliphatic heterocycles. The number of benzene rings is 1. The Labute approximate surface area is 83.2 Å². The zero-order valence-electron chi connectivity index (χ0n) is 7.14. The molecule has 1 aromatic carbocycles. The van der Waals surface area contributed by atoms with Crippen molar-refractivity contribution in [2.75, 3.05) is 4.72 Å². The molecule has 1 aromatic rings. The van der Waals surface area contributed by atoms with Crippen molar-refractivity contribution in [2.45, 2.75) is 6.42 Å². The van der Waals surface area contributed by atoms with E-state index in [1.54, 1.807) is 24.3 Å². The van der Waals surface area contributed by atoms with Gasteiger partial charge in [0.05, 0.1) is 6.42 Å². The minimum Gasteiger partial charge on any atom is -0.481 e. The van der Waals surface area contributed by atoms with Crippen LogP contribution in [-0.2, 0) is 22.5 Å². The largest absolute Gasteiger partial charge is 0.481 e. The number of nitrogens with one attached hydrogen (secondary N) is 1. The van der Waals surface area contributed by atoms with E-state index >= 15 is 0 Å².